The van der Waals surface area contributed by atoms with E-state index in [4.69, 9.17) is 11.6 Å². The molecule has 0 fully saturated rings. The third-order valence-corrected chi connectivity index (χ3v) is 3.62. The Morgan fingerprint density at radius 3 is 2.57 bits per heavy atom. The second kappa shape index (κ2) is 8.13. The molecule has 1 N–H and O–H groups in total. The van der Waals surface area contributed by atoms with E-state index in [0.29, 0.717) is 0 Å². The van der Waals surface area contributed by atoms with Crippen molar-refractivity contribution < 1.29 is 0 Å². The first-order valence-corrected chi connectivity index (χ1v) is 7.64. The molecule has 21 heavy (non-hydrogen) atoms. The predicted octanol–water partition coefficient (Wildman–Crippen LogP) is 3.48. The summed E-state index contributed by atoms with van der Waals surface area (Å²) in [6, 6.07) is 14.2. The second-order valence-corrected chi connectivity index (χ2v) is 5.57. The third kappa shape index (κ3) is 5.12. The zero-order valence-corrected chi connectivity index (χ0v) is 13.4. The van der Waals surface area contributed by atoms with Gasteiger partial charge in [-0.25, -0.2) is 0 Å². The molecule has 4 heteroatoms. The first-order valence-electron chi connectivity index (χ1n) is 7.26. The van der Waals surface area contributed by atoms with Crippen LogP contribution in [0.25, 0.3) is 0 Å². The van der Waals surface area contributed by atoms with Gasteiger partial charge in [-0.2, -0.15) is 0 Å². The molecular weight excluding hydrogens is 282 g/mol. The number of aromatic nitrogens is 1. The van der Waals surface area contributed by atoms with Crippen molar-refractivity contribution in [3.05, 3.63) is 64.4 Å². The predicted molar refractivity (Wildman–Crippen MR) is 88.2 cm³/mol. The van der Waals surface area contributed by atoms with Crippen molar-refractivity contribution in [2.24, 2.45) is 0 Å². The Hall–Kier alpha value is -1.42. The number of hydrogen-bond donors (Lipinski definition) is 1. The fraction of sp³-hybridized carbons (Fsp3) is 0.353. The van der Waals surface area contributed by atoms with Crippen LogP contribution in [-0.4, -0.2) is 23.5 Å². The minimum atomic E-state index is 0.811. The van der Waals surface area contributed by atoms with E-state index in [9.17, 15) is 0 Å². The van der Waals surface area contributed by atoms with Gasteiger partial charge in [0.05, 0.1) is 11.4 Å². The van der Waals surface area contributed by atoms with Crippen molar-refractivity contribution in [3.63, 3.8) is 0 Å². The molecular formula is C17H22ClN3. The summed E-state index contributed by atoms with van der Waals surface area (Å²) in [7, 11) is 2.09. The molecule has 0 aliphatic carbocycles. The Bertz CT molecular complexity index is 571. The van der Waals surface area contributed by atoms with Gasteiger partial charge in [0, 0.05) is 24.7 Å². The van der Waals surface area contributed by atoms with E-state index >= 15 is 0 Å². The van der Waals surface area contributed by atoms with E-state index < -0.39 is 0 Å². The minimum Gasteiger partial charge on any atom is -0.311 e. The number of benzene rings is 1. The summed E-state index contributed by atoms with van der Waals surface area (Å²) in [4.78, 5) is 6.90. The van der Waals surface area contributed by atoms with Gasteiger partial charge in [0.2, 0.25) is 0 Å². The van der Waals surface area contributed by atoms with Gasteiger partial charge in [-0.3, -0.25) is 9.88 Å². The lowest BCUT2D eigenvalue weighted by atomic mass is 10.2. The fourth-order valence-corrected chi connectivity index (χ4v) is 2.41. The Balaban J connectivity index is 1.96. The van der Waals surface area contributed by atoms with Crippen LogP contribution in [0.1, 0.15) is 23.9 Å². The molecule has 0 aliphatic heterocycles. The molecule has 0 amide bonds. The minimum absolute atomic E-state index is 0.811. The quantitative estimate of drug-likeness (QED) is 0.849. The highest BCUT2D eigenvalue weighted by molar-refractivity contribution is 6.31. The zero-order chi connectivity index (χ0) is 15.1. The molecule has 1 aromatic carbocycles. The molecule has 112 valence electrons. The smallest absolute Gasteiger partial charge is 0.0547 e. The van der Waals surface area contributed by atoms with E-state index in [0.717, 1.165) is 48.2 Å². The molecule has 0 aliphatic rings. The topological polar surface area (TPSA) is 28.2 Å². The van der Waals surface area contributed by atoms with E-state index in [1.54, 1.807) is 0 Å². The van der Waals surface area contributed by atoms with Crippen molar-refractivity contribution >= 4 is 11.6 Å². The summed E-state index contributed by atoms with van der Waals surface area (Å²) < 4.78 is 0. The average Bonchev–Trinajstić information content (AvgIpc) is 2.48. The molecule has 0 saturated heterocycles. The molecule has 0 atom stereocenters. The SMILES string of the molecule is CCNCc1cccc(CN(C)Cc2ccccc2Cl)n1. The van der Waals surface area contributed by atoms with Crippen molar-refractivity contribution in [1.29, 1.82) is 0 Å². The number of halogens is 1. The number of pyridine rings is 1. The molecule has 2 rings (SSSR count). The number of rotatable bonds is 7. The molecule has 1 heterocycles. The monoisotopic (exact) mass is 303 g/mol. The Kier molecular flexibility index (Phi) is 6.18. The summed E-state index contributed by atoms with van der Waals surface area (Å²) in [5.74, 6) is 0. The third-order valence-electron chi connectivity index (χ3n) is 3.25. The largest absolute Gasteiger partial charge is 0.311 e. The molecule has 0 saturated carbocycles. The molecule has 0 bridgehead atoms. The van der Waals surface area contributed by atoms with Gasteiger partial charge < -0.3 is 5.32 Å². The lowest BCUT2D eigenvalue weighted by Crippen LogP contribution is -2.19. The van der Waals surface area contributed by atoms with Crippen LogP contribution in [0.2, 0.25) is 5.02 Å². The summed E-state index contributed by atoms with van der Waals surface area (Å²) in [5, 5.41) is 4.12. The van der Waals surface area contributed by atoms with Crippen molar-refractivity contribution in [2.45, 2.75) is 26.6 Å². The van der Waals surface area contributed by atoms with E-state index in [-0.39, 0.29) is 0 Å². The Morgan fingerprint density at radius 2 is 1.81 bits per heavy atom. The van der Waals surface area contributed by atoms with Gasteiger partial charge in [0.15, 0.2) is 0 Å². The van der Waals surface area contributed by atoms with E-state index in [1.165, 1.54) is 0 Å². The zero-order valence-electron chi connectivity index (χ0n) is 12.6. The van der Waals surface area contributed by atoms with Crippen molar-refractivity contribution in [1.82, 2.24) is 15.2 Å². The molecule has 0 unspecified atom stereocenters. The fourth-order valence-electron chi connectivity index (χ4n) is 2.22. The van der Waals surface area contributed by atoms with Crippen LogP contribution >= 0.6 is 11.6 Å². The number of nitrogens with zero attached hydrogens (tertiary/aromatic N) is 2. The van der Waals surface area contributed by atoms with Crippen LogP contribution in [0, 0.1) is 0 Å². The Labute approximate surface area is 132 Å². The van der Waals surface area contributed by atoms with E-state index in [1.807, 2.05) is 18.2 Å². The van der Waals surface area contributed by atoms with E-state index in [2.05, 4.69) is 53.4 Å². The first-order chi connectivity index (χ1) is 10.2. The summed E-state index contributed by atoms with van der Waals surface area (Å²) >= 11 is 6.20. The molecule has 3 nitrogen and oxygen atoms in total. The molecule has 0 radical (unpaired) electrons. The van der Waals surface area contributed by atoms with Crippen LogP contribution in [0.4, 0.5) is 0 Å². The number of hydrogen-bond acceptors (Lipinski definition) is 3. The van der Waals surface area contributed by atoms with Gasteiger partial charge in [0.1, 0.15) is 0 Å². The van der Waals surface area contributed by atoms with Crippen molar-refractivity contribution in [3.8, 4) is 0 Å². The summed E-state index contributed by atoms with van der Waals surface area (Å²) in [6.07, 6.45) is 0. The molecule has 2 aromatic rings. The maximum Gasteiger partial charge on any atom is 0.0547 e. The second-order valence-electron chi connectivity index (χ2n) is 5.16. The van der Waals surface area contributed by atoms with Crippen LogP contribution in [0.3, 0.4) is 0 Å². The van der Waals surface area contributed by atoms with Gasteiger partial charge >= 0.3 is 0 Å². The highest BCUT2D eigenvalue weighted by Crippen LogP contribution is 2.17. The molecule has 1 aromatic heterocycles. The van der Waals surface area contributed by atoms with Gasteiger partial charge in [0.25, 0.3) is 0 Å². The summed E-state index contributed by atoms with van der Waals surface area (Å²) in [5.41, 5.74) is 3.31. The lowest BCUT2D eigenvalue weighted by molar-refractivity contribution is 0.315. The Morgan fingerprint density at radius 1 is 1.05 bits per heavy atom. The van der Waals surface area contributed by atoms with Crippen molar-refractivity contribution in [2.75, 3.05) is 13.6 Å². The summed E-state index contributed by atoms with van der Waals surface area (Å²) in [6.45, 7) is 5.50. The number of nitrogens with one attached hydrogen (secondary N) is 1. The maximum atomic E-state index is 6.20. The first kappa shape index (κ1) is 16.0. The molecule has 0 spiro atoms. The maximum absolute atomic E-state index is 6.20. The van der Waals surface area contributed by atoms with Crippen LogP contribution in [0.15, 0.2) is 42.5 Å². The van der Waals surface area contributed by atoms with Crippen LogP contribution < -0.4 is 5.32 Å². The highest BCUT2D eigenvalue weighted by atomic mass is 35.5. The standard InChI is InChI=1S/C17H22ClN3/c1-3-19-11-15-8-6-9-16(20-15)13-21(2)12-14-7-4-5-10-17(14)18/h4-10,19H,3,11-13H2,1-2H3. The normalized spacial score (nSPS) is 11.0. The lowest BCUT2D eigenvalue weighted by Gasteiger charge is -2.17. The van der Waals surface area contributed by atoms with Gasteiger partial charge in [-0.15, -0.1) is 0 Å². The van der Waals surface area contributed by atoms with Gasteiger partial charge in [-0.05, 0) is 37.4 Å². The average molecular weight is 304 g/mol. The van der Waals surface area contributed by atoms with Crippen LogP contribution in [-0.2, 0) is 19.6 Å². The van der Waals surface area contributed by atoms with Gasteiger partial charge in [-0.1, -0.05) is 42.8 Å². The van der Waals surface area contributed by atoms with Crippen LogP contribution in [0.5, 0.6) is 0 Å². The highest BCUT2D eigenvalue weighted by Gasteiger charge is 2.06.